The number of carbonyl (C=O) groups excluding carboxylic acids is 1. The SMILES string of the molecule is CC(=O)Nc1ccc(Cc2nc3cncc(-c4cnn(C)c4)n3n2)cc1C. The lowest BCUT2D eigenvalue weighted by Gasteiger charge is -2.08. The van der Waals surface area contributed by atoms with Crippen molar-refractivity contribution in [2.45, 2.75) is 20.3 Å². The molecule has 4 rings (SSSR count). The maximum absolute atomic E-state index is 11.2. The normalized spacial score (nSPS) is 11.1. The zero-order valence-electron chi connectivity index (χ0n) is 15.3. The Morgan fingerprint density at radius 3 is 2.78 bits per heavy atom. The van der Waals surface area contributed by atoms with Crippen molar-refractivity contribution < 1.29 is 4.79 Å². The highest BCUT2D eigenvalue weighted by Gasteiger charge is 2.12. The van der Waals surface area contributed by atoms with Gasteiger partial charge in [0.2, 0.25) is 5.91 Å². The lowest BCUT2D eigenvalue weighted by atomic mass is 10.1. The highest BCUT2D eigenvalue weighted by molar-refractivity contribution is 5.89. The van der Waals surface area contributed by atoms with Gasteiger partial charge in [-0.3, -0.25) is 14.5 Å². The van der Waals surface area contributed by atoms with E-state index >= 15 is 0 Å². The van der Waals surface area contributed by atoms with E-state index in [1.54, 1.807) is 27.8 Å². The molecule has 0 aliphatic carbocycles. The third-order valence-electron chi connectivity index (χ3n) is 4.26. The second kappa shape index (κ2) is 6.64. The Bertz CT molecular complexity index is 1140. The molecular formula is C19H19N7O. The highest BCUT2D eigenvalue weighted by Crippen LogP contribution is 2.20. The maximum Gasteiger partial charge on any atom is 0.221 e. The van der Waals surface area contributed by atoms with E-state index in [9.17, 15) is 4.79 Å². The van der Waals surface area contributed by atoms with Crippen LogP contribution in [-0.4, -0.2) is 35.3 Å². The van der Waals surface area contributed by atoms with Crippen LogP contribution < -0.4 is 5.32 Å². The lowest BCUT2D eigenvalue weighted by molar-refractivity contribution is -0.114. The standard InChI is InChI=1S/C19H19N7O/c1-12-6-14(4-5-16(12)22-13(2)27)7-18-23-19-10-20-9-17(26(19)24-18)15-8-21-25(3)11-15/h4-6,8-11H,7H2,1-3H3,(H,22,27). The number of fused-ring (bicyclic) bond motifs is 1. The second-order valence-electron chi connectivity index (χ2n) is 6.50. The average molecular weight is 361 g/mol. The quantitative estimate of drug-likeness (QED) is 0.603. The van der Waals surface area contributed by atoms with Crippen LogP contribution in [0.3, 0.4) is 0 Å². The molecule has 0 saturated heterocycles. The van der Waals surface area contributed by atoms with Crippen molar-refractivity contribution >= 4 is 17.2 Å². The summed E-state index contributed by atoms with van der Waals surface area (Å²) in [4.78, 5) is 20.1. The van der Waals surface area contributed by atoms with Gasteiger partial charge in [-0.05, 0) is 24.1 Å². The molecule has 0 fully saturated rings. The molecule has 136 valence electrons. The summed E-state index contributed by atoms with van der Waals surface area (Å²) in [5.74, 6) is 0.628. The molecule has 8 heteroatoms. The van der Waals surface area contributed by atoms with Crippen molar-refractivity contribution in [1.82, 2.24) is 29.4 Å². The minimum Gasteiger partial charge on any atom is -0.326 e. The van der Waals surface area contributed by atoms with Crippen LogP contribution in [0.1, 0.15) is 23.9 Å². The van der Waals surface area contributed by atoms with Crippen LogP contribution in [0.2, 0.25) is 0 Å². The number of hydrogen-bond acceptors (Lipinski definition) is 5. The topological polar surface area (TPSA) is 90.0 Å². The van der Waals surface area contributed by atoms with Gasteiger partial charge in [-0.2, -0.15) is 10.2 Å². The summed E-state index contributed by atoms with van der Waals surface area (Å²) in [5.41, 5.74) is 5.37. The molecule has 0 aliphatic rings. The number of nitrogens with one attached hydrogen (secondary N) is 1. The van der Waals surface area contributed by atoms with E-state index < -0.39 is 0 Å². The molecule has 1 aromatic carbocycles. The number of anilines is 1. The Morgan fingerprint density at radius 1 is 1.22 bits per heavy atom. The van der Waals surface area contributed by atoms with Crippen molar-refractivity contribution in [2.24, 2.45) is 7.05 Å². The summed E-state index contributed by atoms with van der Waals surface area (Å²) in [6, 6.07) is 5.92. The van der Waals surface area contributed by atoms with Crippen molar-refractivity contribution in [3.8, 4) is 11.3 Å². The number of carbonyl (C=O) groups is 1. The number of amides is 1. The highest BCUT2D eigenvalue weighted by atomic mass is 16.1. The number of hydrogen-bond donors (Lipinski definition) is 1. The fourth-order valence-corrected chi connectivity index (χ4v) is 3.03. The van der Waals surface area contributed by atoms with Crippen LogP contribution in [-0.2, 0) is 18.3 Å². The Kier molecular flexibility index (Phi) is 4.15. The Hall–Kier alpha value is -3.55. The van der Waals surface area contributed by atoms with E-state index in [0.29, 0.717) is 17.9 Å². The number of aryl methyl sites for hydroxylation is 2. The van der Waals surface area contributed by atoms with E-state index in [4.69, 9.17) is 0 Å². The van der Waals surface area contributed by atoms with Gasteiger partial charge in [-0.25, -0.2) is 9.50 Å². The van der Waals surface area contributed by atoms with E-state index in [0.717, 1.165) is 28.1 Å². The van der Waals surface area contributed by atoms with E-state index in [1.807, 2.05) is 38.4 Å². The summed E-state index contributed by atoms with van der Waals surface area (Å²) in [5, 5.41) is 11.7. The van der Waals surface area contributed by atoms with Crippen molar-refractivity contribution in [2.75, 3.05) is 5.32 Å². The number of aromatic nitrogens is 6. The van der Waals surface area contributed by atoms with Gasteiger partial charge < -0.3 is 5.32 Å². The minimum absolute atomic E-state index is 0.0803. The second-order valence-corrected chi connectivity index (χ2v) is 6.50. The zero-order chi connectivity index (χ0) is 19.0. The van der Waals surface area contributed by atoms with E-state index in [-0.39, 0.29) is 5.91 Å². The van der Waals surface area contributed by atoms with Gasteiger partial charge >= 0.3 is 0 Å². The molecule has 8 nitrogen and oxygen atoms in total. The molecule has 0 radical (unpaired) electrons. The smallest absolute Gasteiger partial charge is 0.221 e. The lowest BCUT2D eigenvalue weighted by Crippen LogP contribution is -2.07. The maximum atomic E-state index is 11.2. The van der Waals surface area contributed by atoms with Crippen LogP contribution in [0.5, 0.6) is 0 Å². The molecule has 1 amide bonds. The van der Waals surface area contributed by atoms with Crippen LogP contribution in [0.25, 0.3) is 16.9 Å². The monoisotopic (exact) mass is 361 g/mol. The molecule has 0 spiro atoms. The Morgan fingerprint density at radius 2 is 2.07 bits per heavy atom. The predicted molar refractivity (Wildman–Crippen MR) is 101 cm³/mol. The van der Waals surface area contributed by atoms with Gasteiger partial charge in [0.25, 0.3) is 0 Å². The van der Waals surface area contributed by atoms with Crippen molar-refractivity contribution in [3.63, 3.8) is 0 Å². The predicted octanol–water partition coefficient (Wildman–Crippen LogP) is 2.38. The number of rotatable bonds is 4. The molecule has 0 unspecified atom stereocenters. The van der Waals surface area contributed by atoms with E-state index in [1.165, 1.54) is 6.92 Å². The summed E-state index contributed by atoms with van der Waals surface area (Å²) >= 11 is 0. The largest absolute Gasteiger partial charge is 0.326 e. The Balaban J connectivity index is 1.65. The molecule has 0 bridgehead atoms. The van der Waals surface area contributed by atoms with Crippen LogP contribution in [0.15, 0.2) is 43.0 Å². The first-order valence-corrected chi connectivity index (χ1v) is 8.55. The summed E-state index contributed by atoms with van der Waals surface area (Å²) in [6.07, 6.45) is 7.75. The number of nitrogens with zero attached hydrogens (tertiary/aromatic N) is 6. The van der Waals surface area contributed by atoms with Crippen LogP contribution in [0.4, 0.5) is 5.69 Å². The van der Waals surface area contributed by atoms with Gasteiger partial charge in [0.15, 0.2) is 11.5 Å². The first-order chi connectivity index (χ1) is 13.0. The fraction of sp³-hybridized carbons (Fsp3) is 0.211. The first-order valence-electron chi connectivity index (χ1n) is 8.55. The van der Waals surface area contributed by atoms with Gasteiger partial charge in [-0.15, -0.1) is 0 Å². The van der Waals surface area contributed by atoms with Crippen LogP contribution >= 0.6 is 0 Å². The first kappa shape index (κ1) is 16.9. The third kappa shape index (κ3) is 3.41. The fourth-order valence-electron chi connectivity index (χ4n) is 3.03. The van der Waals surface area contributed by atoms with Gasteiger partial charge in [0, 0.05) is 37.8 Å². The molecule has 4 aromatic rings. The molecule has 3 aromatic heterocycles. The molecule has 3 heterocycles. The minimum atomic E-state index is -0.0803. The molecule has 0 aliphatic heterocycles. The molecular weight excluding hydrogens is 342 g/mol. The summed E-state index contributed by atoms with van der Waals surface area (Å²) in [6.45, 7) is 3.47. The summed E-state index contributed by atoms with van der Waals surface area (Å²) < 4.78 is 3.53. The zero-order valence-corrected chi connectivity index (χ0v) is 15.3. The molecule has 27 heavy (non-hydrogen) atoms. The van der Waals surface area contributed by atoms with Crippen molar-refractivity contribution in [3.05, 3.63) is 59.9 Å². The Labute approximate surface area is 155 Å². The van der Waals surface area contributed by atoms with Gasteiger partial charge in [0.05, 0.1) is 24.3 Å². The summed E-state index contributed by atoms with van der Waals surface area (Å²) in [7, 11) is 1.87. The molecule has 1 N–H and O–H groups in total. The van der Waals surface area contributed by atoms with E-state index in [2.05, 4.69) is 25.5 Å². The van der Waals surface area contributed by atoms with Gasteiger partial charge in [-0.1, -0.05) is 12.1 Å². The van der Waals surface area contributed by atoms with Crippen molar-refractivity contribution in [1.29, 1.82) is 0 Å². The van der Waals surface area contributed by atoms with Gasteiger partial charge in [0.1, 0.15) is 0 Å². The van der Waals surface area contributed by atoms with Crippen LogP contribution in [0, 0.1) is 6.92 Å². The molecule has 0 atom stereocenters. The number of benzene rings is 1. The average Bonchev–Trinajstić information content (AvgIpc) is 3.22. The third-order valence-corrected chi connectivity index (χ3v) is 4.26. The molecule has 0 saturated carbocycles.